The van der Waals surface area contributed by atoms with Gasteiger partial charge in [0.25, 0.3) is 0 Å². The van der Waals surface area contributed by atoms with E-state index in [1.54, 1.807) is 0 Å². The Bertz CT molecular complexity index is 263. The Morgan fingerprint density at radius 3 is 2.93 bits per heavy atom. The van der Waals surface area contributed by atoms with Crippen LogP contribution in [0.2, 0.25) is 0 Å². The Morgan fingerprint density at radius 1 is 1.07 bits per heavy atom. The van der Waals surface area contributed by atoms with E-state index in [0.29, 0.717) is 11.7 Å². The van der Waals surface area contributed by atoms with Crippen molar-refractivity contribution < 1.29 is 4.79 Å². The highest BCUT2D eigenvalue weighted by atomic mass is 16.1. The van der Waals surface area contributed by atoms with Crippen molar-refractivity contribution in [2.75, 3.05) is 6.54 Å². The summed E-state index contributed by atoms with van der Waals surface area (Å²) in [4.78, 5) is 14.2. The smallest absolute Gasteiger partial charge is 0.133 e. The van der Waals surface area contributed by atoms with E-state index in [2.05, 4.69) is 4.90 Å². The lowest BCUT2D eigenvalue weighted by Crippen LogP contribution is -2.54. The van der Waals surface area contributed by atoms with E-state index >= 15 is 0 Å². The molecule has 0 aromatic carbocycles. The van der Waals surface area contributed by atoms with Crippen molar-refractivity contribution in [3.05, 3.63) is 0 Å². The van der Waals surface area contributed by atoms with Gasteiger partial charge < -0.3 is 0 Å². The number of hydrogen-bond donors (Lipinski definition) is 0. The monoisotopic (exact) mass is 207 g/mol. The predicted octanol–water partition coefficient (Wildman–Crippen LogP) is 2.37. The number of fused-ring (bicyclic) bond motifs is 3. The average molecular weight is 207 g/mol. The van der Waals surface area contributed by atoms with Gasteiger partial charge in [-0.05, 0) is 44.6 Å². The van der Waals surface area contributed by atoms with E-state index in [9.17, 15) is 4.79 Å². The third-order valence-electron chi connectivity index (χ3n) is 4.72. The molecule has 2 heteroatoms. The normalized spacial score (nSPS) is 42.1. The van der Waals surface area contributed by atoms with Gasteiger partial charge in [0.2, 0.25) is 0 Å². The number of nitrogens with zero attached hydrogens (tertiary/aromatic N) is 1. The molecular weight excluding hydrogens is 186 g/mol. The van der Waals surface area contributed by atoms with Crippen LogP contribution in [0, 0.1) is 5.92 Å². The Hall–Kier alpha value is -0.370. The highest BCUT2D eigenvalue weighted by Gasteiger charge is 2.40. The Balaban J connectivity index is 1.75. The molecule has 2 saturated heterocycles. The molecule has 0 aromatic heterocycles. The zero-order valence-corrected chi connectivity index (χ0v) is 9.45. The molecule has 0 N–H and O–H groups in total. The first-order valence-electron chi connectivity index (χ1n) is 6.62. The van der Waals surface area contributed by atoms with Gasteiger partial charge in [0.1, 0.15) is 5.78 Å². The van der Waals surface area contributed by atoms with E-state index < -0.39 is 0 Å². The third-order valence-corrected chi connectivity index (χ3v) is 4.72. The molecule has 3 atom stereocenters. The second kappa shape index (κ2) is 3.89. The van der Waals surface area contributed by atoms with Crippen LogP contribution in [-0.4, -0.2) is 29.3 Å². The molecule has 0 amide bonds. The lowest BCUT2D eigenvalue weighted by Gasteiger charge is -2.50. The molecule has 0 spiro atoms. The van der Waals surface area contributed by atoms with Crippen LogP contribution in [0.25, 0.3) is 0 Å². The lowest BCUT2D eigenvalue weighted by atomic mass is 9.74. The van der Waals surface area contributed by atoms with Crippen molar-refractivity contribution in [1.82, 2.24) is 4.90 Å². The van der Waals surface area contributed by atoms with E-state index in [1.165, 1.54) is 38.6 Å². The van der Waals surface area contributed by atoms with Crippen molar-refractivity contribution in [1.29, 1.82) is 0 Å². The number of carbonyl (C=O) groups excluding carboxylic acids is 1. The highest BCUT2D eigenvalue weighted by molar-refractivity contribution is 5.79. The minimum Gasteiger partial charge on any atom is -0.300 e. The molecule has 1 saturated carbocycles. The molecule has 2 heterocycles. The van der Waals surface area contributed by atoms with Crippen molar-refractivity contribution >= 4 is 5.78 Å². The minimum absolute atomic E-state index is 0.520. The molecule has 3 aliphatic rings. The van der Waals surface area contributed by atoms with Crippen LogP contribution in [0.1, 0.15) is 51.4 Å². The van der Waals surface area contributed by atoms with Gasteiger partial charge in [0, 0.05) is 24.9 Å². The predicted molar refractivity (Wildman–Crippen MR) is 59.7 cm³/mol. The number of hydrogen-bond acceptors (Lipinski definition) is 2. The number of Topliss-reactive ketones (excluding diaryl/α,β-unsaturated/α-hetero) is 1. The summed E-state index contributed by atoms with van der Waals surface area (Å²) in [6, 6.07) is 1.63. The number of piperidine rings is 2. The van der Waals surface area contributed by atoms with Gasteiger partial charge in [-0.3, -0.25) is 9.69 Å². The Labute approximate surface area is 92.0 Å². The van der Waals surface area contributed by atoms with E-state index in [-0.39, 0.29) is 0 Å². The summed E-state index contributed by atoms with van der Waals surface area (Å²) in [6.45, 7) is 1.31. The molecule has 3 fully saturated rings. The van der Waals surface area contributed by atoms with Crippen molar-refractivity contribution in [3.8, 4) is 0 Å². The van der Waals surface area contributed by atoms with E-state index in [0.717, 1.165) is 31.3 Å². The molecule has 2 aliphatic heterocycles. The largest absolute Gasteiger partial charge is 0.300 e. The standard InChI is InChI=1S/C13H21NO/c15-12-6-7-13-10(9-12)4-5-11-3-1-2-8-14(11)13/h10-11,13H,1-9H2. The maximum absolute atomic E-state index is 11.5. The van der Waals surface area contributed by atoms with Crippen LogP contribution >= 0.6 is 0 Å². The summed E-state index contributed by atoms with van der Waals surface area (Å²) in [7, 11) is 0. The summed E-state index contributed by atoms with van der Waals surface area (Å²) in [5.74, 6) is 1.23. The van der Waals surface area contributed by atoms with Crippen LogP contribution in [0.5, 0.6) is 0 Å². The molecule has 84 valence electrons. The zero-order chi connectivity index (χ0) is 10.3. The van der Waals surface area contributed by atoms with Crippen molar-refractivity contribution in [3.63, 3.8) is 0 Å². The number of carbonyl (C=O) groups is 1. The fourth-order valence-corrected chi connectivity index (χ4v) is 3.98. The van der Waals surface area contributed by atoms with Crippen LogP contribution in [0.3, 0.4) is 0 Å². The number of rotatable bonds is 0. The molecule has 3 unspecified atom stereocenters. The van der Waals surface area contributed by atoms with Gasteiger partial charge in [-0.1, -0.05) is 6.42 Å². The highest BCUT2D eigenvalue weighted by Crippen LogP contribution is 2.39. The van der Waals surface area contributed by atoms with Gasteiger partial charge in [-0.15, -0.1) is 0 Å². The van der Waals surface area contributed by atoms with Crippen molar-refractivity contribution in [2.24, 2.45) is 5.92 Å². The SMILES string of the molecule is O=C1CCC2C(CCC3CCCCN32)C1. The van der Waals surface area contributed by atoms with Gasteiger partial charge in [-0.25, -0.2) is 0 Å². The van der Waals surface area contributed by atoms with Gasteiger partial charge in [0.15, 0.2) is 0 Å². The quantitative estimate of drug-likeness (QED) is 0.608. The summed E-state index contributed by atoms with van der Waals surface area (Å²) in [5.41, 5.74) is 0. The molecule has 1 aliphatic carbocycles. The maximum atomic E-state index is 11.5. The van der Waals surface area contributed by atoms with Crippen LogP contribution in [0.15, 0.2) is 0 Å². The molecule has 15 heavy (non-hydrogen) atoms. The zero-order valence-electron chi connectivity index (χ0n) is 9.45. The first-order valence-corrected chi connectivity index (χ1v) is 6.62. The van der Waals surface area contributed by atoms with Crippen molar-refractivity contribution in [2.45, 2.75) is 63.5 Å². The van der Waals surface area contributed by atoms with Crippen LogP contribution < -0.4 is 0 Å². The third kappa shape index (κ3) is 1.73. The second-order valence-corrected chi connectivity index (χ2v) is 5.57. The first kappa shape index (κ1) is 9.83. The second-order valence-electron chi connectivity index (χ2n) is 5.57. The van der Waals surface area contributed by atoms with E-state index in [4.69, 9.17) is 0 Å². The number of ketones is 1. The lowest BCUT2D eigenvalue weighted by molar-refractivity contribution is -0.125. The van der Waals surface area contributed by atoms with Crippen LogP contribution in [-0.2, 0) is 4.79 Å². The summed E-state index contributed by atoms with van der Waals surface area (Å²) < 4.78 is 0. The van der Waals surface area contributed by atoms with Gasteiger partial charge in [-0.2, -0.15) is 0 Å². The van der Waals surface area contributed by atoms with Gasteiger partial charge >= 0.3 is 0 Å². The summed E-state index contributed by atoms with van der Waals surface area (Å²) in [6.07, 6.45) is 9.78. The summed E-state index contributed by atoms with van der Waals surface area (Å²) >= 11 is 0. The fourth-order valence-electron chi connectivity index (χ4n) is 3.98. The maximum Gasteiger partial charge on any atom is 0.133 e. The molecule has 2 nitrogen and oxygen atoms in total. The molecule has 0 aromatic rings. The van der Waals surface area contributed by atoms with Crippen LogP contribution in [0.4, 0.5) is 0 Å². The molecule has 0 radical (unpaired) electrons. The summed E-state index contributed by atoms with van der Waals surface area (Å²) in [5, 5.41) is 0. The molecule has 3 rings (SSSR count). The Morgan fingerprint density at radius 2 is 2.00 bits per heavy atom. The van der Waals surface area contributed by atoms with Gasteiger partial charge in [0.05, 0.1) is 0 Å². The van der Waals surface area contributed by atoms with E-state index in [1.807, 2.05) is 0 Å². The first-order chi connectivity index (χ1) is 7.34. The molecular formula is C13H21NO. The average Bonchev–Trinajstić information content (AvgIpc) is 2.28. The minimum atomic E-state index is 0.520. The topological polar surface area (TPSA) is 20.3 Å². The Kier molecular flexibility index (Phi) is 2.55. The molecule has 0 bridgehead atoms. The fraction of sp³-hybridized carbons (Fsp3) is 0.923.